The smallest absolute Gasteiger partial charge is 0.409 e. The van der Waals surface area contributed by atoms with Gasteiger partial charge in [-0.25, -0.2) is 4.79 Å². The van der Waals surface area contributed by atoms with Gasteiger partial charge >= 0.3 is 6.09 Å². The Morgan fingerprint density at radius 1 is 0.977 bits per heavy atom. The monoisotopic (exact) mass is 591 g/mol. The number of carbonyl (C=O) groups is 2. The first-order chi connectivity index (χ1) is 20.4. The van der Waals surface area contributed by atoms with E-state index in [1.165, 1.54) is 0 Å². The van der Waals surface area contributed by atoms with Crippen LogP contribution in [0.2, 0.25) is 0 Å². The Balaban J connectivity index is 1.46. The van der Waals surface area contributed by atoms with Crippen molar-refractivity contribution in [3.05, 3.63) is 53.6 Å². The number of methoxy groups -OCH3 is 1. The van der Waals surface area contributed by atoms with E-state index in [2.05, 4.69) is 32.1 Å². The van der Waals surface area contributed by atoms with Gasteiger partial charge in [0.1, 0.15) is 5.75 Å². The van der Waals surface area contributed by atoms with Crippen LogP contribution in [0.3, 0.4) is 0 Å². The van der Waals surface area contributed by atoms with Gasteiger partial charge in [-0.05, 0) is 99.8 Å². The quantitative estimate of drug-likeness (QED) is 0.271. The van der Waals surface area contributed by atoms with Crippen LogP contribution >= 0.6 is 0 Å². The van der Waals surface area contributed by atoms with Crippen molar-refractivity contribution in [1.29, 1.82) is 0 Å². The van der Waals surface area contributed by atoms with Gasteiger partial charge in [0.25, 0.3) is 0 Å². The lowest BCUT2D eigenvalue weighted by molar-refractivity contribution is -0.175. The minimum absolute atomic E-state index is 0.0253. The number of Topliss-reactive ketones (excluding diaryl/α,β-unsaturated/α-hetero) is 1. The number of amides is 1. The molecule has 3 saturated carbocycles. The number of aliphatic hydroxyl groups excluding tert-OH is 1. The third kappa shape index (κ3) is 4.13. The molecule has 0 aliphatic heterocycles. The van der Waals surface area contributed by atoms with Gasteiger partial charge in [0, 0.05) is 33.9 Å². The molecule has 1 aromatic rings. The number of hydrogen-bond acceptors (Lipinski definition) is 6. The van der Waals surface area contributed by atoms with E-state index in [0.29, 0.717) is 37.3 Å². The topological polar surface area (TPSA) is 96.3 Å². The first kappa shape index (κ1) is 30.4. The third-order valence-corrected chi connectivity index (χ3v) is 12.8. The molecule has 6 aliphatic carbocycles. The SMILES string of the molecule is CCCN(C[C@]1(O)CC[C@H]2[C@]34C=C[C@@]5(C=C3C(=O)c3ccc(OC)cc3)CC(O)CC[C@]5(C)[C@H]4CC[C@@]21C)C(=O)OCC. The van der Waals surface area contributed by atoms with E-state index in [1.807, 2.05) is 31.2 Å². The number of carbonyl (C=O) groups excluding carboxylic acids is 2. The first-order valence-corrected chi connectivity index (χ1v) is 16.4. The van der Waals surface area contributed by atoms with Crippen molar-refractivity contribution in [2.75, 3.05) is 26.8 Å². The van der Waals surface area contributed by atoms with Crippen molar-refractivity contribution >= 4 is 11.9 Å². The first-order valence-electron chi connectivity index (χ1n) is 16.4. The number of rotatable bonds is 8. The highest BCUT2D eigenvalue weighted by Gasteiger charge is 2.74. The average molecular weight is 592 g/mol. The Kier molecular flexibility index (Phi) is 7.40. The largest absolute Gasteiger partial charge is 0.497 e. The van der Waals surface area contributed by atoms with E-state index >= 15 is 0 Å². The summed E-state index contributed by atoms with van der Waals surface area (Å²) in [5.74, 6) is 0.980. The van der Waals surface area contributed by atoms with E-state index in [1.54, 1.807) is 18.9 Å². The number of hydrogen-bond donors (Lipinski definition) is 2. The van der Waals surface area contributed by atoms with E-state index < -0.39 is 22.5 Å². The summed E-state index contributed by atoms with van der Waals surface area (Å²) >= 11 is 0. The Morgan fingerprint density at radius 2 is 1.65 bits per heavy atom. The van der Waals surface area contributed by atoms with Gasteiger partial charge in [0.05, 0.1) is 32.0 Å². The van der Waals surface area contributed by atoms with Gasteiger partial charge in [-0.15, -0.1) is 0 Å². The lowest BCUT2D eigenvalue weighted by Gasteiger charge is -2.71. The van der Waals surface area contributed by atoms with Crippen LogP contribution < -0.4 is 4.74 Å². The van der Waals surface area contributed by atoms with E-state index in [0.717, 1.165) is 44.1 Å². The van der Waals surface area contributed by atoms with Gasteiger partial charge < -0.3 is 24.6 Å². The van der Waals surface area contributed by atoms with Crippen LogP contribution in [-0.2, 0) is 4.74 Å². The molecule has 0 heterocycles. The number of ketones is 1. The highest BCUT2D eigenvalue weighted by Crippen LogP contribution is 2.78. The molecule has 0 saturated heterocycles. The van der Waals surface area contributed by atoms with Gasteiger partial charge in [0.2, 0.25) is 0 Å². The van der Waals surface area contributed by atoms with Gasteiger partial charge in [-0.2, -0.15) is 0 Å². The van der Waals surface area contributed by atoms with Crippen LogP contribution in [0.1, 0.15) is 89.4 Å². The summed E-state index contributed by atoms with van der Waals surface area (Å²) in [6, 6.07) is 7.37. The van der Waals surface area contributed by atoms with Crippen molar-refractivity contribution in [3.63, 3.8) is 0 Å². The molecule has 0 radical (unpaired) electrons. The minimum Gasteiger partial charge on any atom is -0.497 e. The Bertz CT molecular complexity index is 1340. The maximum atomic E-state index is 14.6. The van der Waals surface area contributed by atoms with Crippen molar-refractivity contribution in [3.8, 4) is 5.75 Å². The standard InChI is InChI=1S/C36H49NO6/c1-6-20-37(31(40)43-7-2)23-35(41)17-14-29-33(35,4)16-13-28-32(3)15-12-25(38)21-34(32)18-19-36(28,29)27(22-34)30(39)24-8-10-26(42-5)11-9-24/h8-11,18-19,22,25,28-29,38,41H,6-7,12-17,20-21,23H2,1-5H3/t25?,28-,29-,32-,33+,34+,35-,36-/m1/s1. The van der Waals surface area contributed by atoms with Crippen LogP contribution in [0.5, 0.6) is 5.75 Å². The number of aliphatic hydroxyl groups is 2. The summed E-state index contributed by atoms with van der Waals surface area (Å²) in [4.78, 5) is 29.3. The predicted molar refractivity (Wildman–Crippen MR) is 165 cm³/mol. The van der Waals surface area contributed by atoms with E-state index in [-0.39, 0.29) is 41.1 Å². The second-order valence-electron chi connectivity index (χ2n) is 14.5. The van der Waals surface area contributed by atoms with E-state index in [9.17, 15) is 19.8 Å². The lowest BCUT2D eigenvalue weighted by Crippen LogP contribution is -2.67. The maximum absolute atomic E-state index is 14.6. The predicted octanol–water partition coefficient (Wildman–Crippen LogP) is 6.34. The van der Waals surface area contributed by atoms with Gasteiger partial charge in [-0.1, -0.05) is 39.0 Å². The third-order valence-electron chi connectivity index (χ3n) is 12.8. The van der Waals surface area contributed by atoms with Crippen molar-refractivity contribution in [1.82, 2.24) is 4.90 Å². The fourth-order valence-corrected chi connectivity index (χ4v) is 10.5. The molecular formula is C36H49NO6. The van der Waals surface area contributed by atoms with Crippen molar-refractivity contribution in [2.45, 2.75) is 90.8 Å². The van der Waals surface area contributed by atoms with Gasteiger partial charge in [0.15, 0.2) is 5.78 Å². The molecule has 7 heteroatoms. The molecule has 6 aliphatic rings. The summed E-state index contributed by atoms with van der Waals surface area (Å²) in [7, 11) is 1.62. The summed E-state index contributed by atoms with van der Waals surface area (Å²) in [5.41, 5.74) is -1.15. The molecular weight excluding hydrogens is 542 g/mol. The zero-order valence-electron chi connectivity index (χ0n) is 26.5. The second kappa shape index (κ2) is 10.5. The van der Waals surface area contributed by atoms with Crippen LogP contribution in [0.15, 0.2) is 48.1 Å². The zero-order valence-corrected chi connectivity index (χ0v) is 26.5. The number of allylic oxidation sites excluding steroid dienone is 4. The molecule has 2 N–H and O–H groups in total. The summed E-state index contributed by atoms with van der Waals surface area (Å²) in [6.07, 6.45) is 12.3. The molecule has 0 aromatic heterocycles. The molecule has 8 atom stereocenters. The fourth-order valence-electron chi connectivity index (χ4n) is 10.5. The number of ether oxygens (including phenoxy) is 2. The van der Waals surface area contributed by atoms with E-state index in [4.69, 9.17) is 9.47 Å². The Morgan fingerprint density at radius 3 is 2.33 bits per heavy atom. The second-order valence-corrected chi connectivity index (χ2v) is 14.5. The summed E-state index contributed by atoms with van der Waals surface area (Å²) < 4.78 is 10.8. The zero-order chi connectivity index (χ0) is 30.8. The molecule has 234 valence electrons. The Hall–Kier alpha value is -2.64. The molecule has 1 amide bonds. The number of nitrogens with zero attached hydrogens (tertiary/aromatic N) is 1. The minimum atomic E-state index is -1.10. The Labute approximate surface area is 256 Å². The number of benzene rings is 1. The molecule has 2 bridgehead atoms. The van der Waals surface area contributed by atoms with Crippen LogP contribution in [-0.4, -0.2) is 65.5 Å². The van der Waals surface area contributed by atoms with Crippen LogP contribution in [0.4, 0.5) is 4.79 Å². The highest BCUT2D eigenvalue weighted by atomic mass is 16.6. The average Bonchev–Trinajstić information content (AvgIpc) is 3.26. The maximum Gasteiger partial charge on any atom is 0.409 e. The molecule has 1 aromatic carbocycles. The van der Waals surface area contributed by atoms with Crippen LogP contribution in [0.25, 0.3) is 0 Å². The number of fused-ring (bicyclic) bond motifs is 1. The molecule has 43 heavy (non-hydrogen) atoms. The molecule has 2 spiro atoms. The van der Waals surface area contributed by atoms with Crippen LogP contribution in [0, 0.1) is 33.5 Å². The highest BCUT2D eigenvalue weighted by molar-refractivity contribution is 6.10. The van der Waals surface area contributed by atoms with Crippen molar-refractivity contribution in [2.24, 2.45) is 33.5 Å². The lowest BCUT2D eigenvalue weighted by atomic mass is 9.32. The molecule has 1 unspecified atom stereocenters. The normalized spacial score (nSPS) is 40.6. The van der Waals surface area contributed by atoms with Gasteiger partial charge in [-0.3, -0.25) is 4.79 Å². The summed E-state index contributed by atoms with van der Waals surface area (Å²) in [6.45, 7) is 9.49. The molecule has 7 rings (SSSR count). The molecule has 3 fully saturated rings. The fraction of sp³-hybridized carbons (Fsp3) is 0.667. The van der Waals surface area contributed by atoms with Crippen molar-refractivity contribution < 1.29 is 29.3 Å². The summed E-state index contributed by atoms with van der Waals surface area (Å²) in [5, 5.41) is 23.5. The molecule has 7 nitrogen and oxygen atoms in total.